The van der Waals surface area contributed by atoms with Crippen LogP contribution in [0, 0.1) is 6.92 Å². The van der Waals surface area contributed by atoms with E-state index in [2.05, 4.69) is 24.4 Å². The quantitative estimate of drug-likeness (QED) is 0.869. The zero-order valence-corrected chi connectivity index (χ0v) is 11.5. The van der Waals surface area contributed by atoms with Crippen LogP contribution < -0.4 is 5.32 Å². The van der Waals surface area contributed by atoms with E-state index in [4.69, 9.17) is 16.0 Å². The molecule has 2 aromatic rings. The number of rotatable bonds is 5. The number of halogens is 1. The van der Waals surface area contributed by atoms with Crippen molar-refractivity contribution in [1.82, 2.24) is 5.32 Å². The SMILES string of the molecule is CCCNC(c1ccoc1)c1ccc(Cl)c(C)c1. The third kappa shape index (κ3) is 2.95. The lowest BCUT2D eigenvalue weighted by Gasteiger charge is -2.18. The monoisotopic (exact) mass is 263 g/mol. The Kier molecular flexibility index (Phi) is 4.45. The fraction of sp³-hybridized carbons (Fsp3) is 0.333. The van der Waals surface area contributed by atoms with Gasteiger partial charge in [0.15, 0.2) is 0 Å². The first-order valence-electron chi connectivity index (χ1n) is 6.24. The molecule has 1 aromatic carbocycles. The lowest BCUT2D eigenvalue weighted by molar-refractivity contribution is 0.548. The largest absolute Gasteiger partial charge is 0.472 e. The molecule has 1 heterocycles. The molecule has 0 aliphatic rings. The number of benzene rings is 1. The van der Waals surface area contributed by atoms with Gasteiger partial charge in [0.25, 0.3) is 0 Å². The molecule has 1 N–H and O–H groups in total. The van der Waals surface area contributed by atoms with Gasteiger partial charge in [-0.05, 0) is 43.1 Å². The van der Waals surface area contributed by atoms with Crippen LogP contribution in [0.4, 0.5) is 0 Å². The Balaban J connectivity index is 2.30. The molecule has 0 fully saturated rings. The summed E-state index contributed by atoms with van der Waals surface area (Å²) in [5.41, 5.74) is 3.46. The van der Waals surface area contributed by atoms with E-state index in [1.54, 1.807) is 12.5 Å². The second kappa shape index (κ2) is 6.07. The molecule has 1 atom stereocenters. The highest BCUT2D eigenvalue weighted by Crippen LogP contribution is 2.26. The Morgan fingerprint density at radius 1 is 1.28 bits per heavy atom. The Morgan fingerprint density at radius 3 is 2.72 bits per heavy atom. The highest BCUT2D eigenvalue weighted by atomic mass is 35.5. The maximum absolute atomic E-state index is 6.08. The molecular formula is C15H18ClNO. The maximum Gasteiger partial charge on any atom is 0.0953 e. The first-order valence-corrected chi connectivity index (χ1v) is 6.61. The fourth-order valence-electron chi connectivity index (χ4n) is 2.00. The van der Waals surface area contributed by atoms with E-state index in [0.29, 0.717) is 0 Å². The summed E-state index contributed by atoms with van der Waals surface area (Å²) >= 11 is 6.08. The van der Waals surface area contributed by atoms with E-state index in [0.717, 1.165) is 29.1 Å². The number of furan rings is 1. The Bertz CT molecular complexity index is 493. The van der Waals surface area contributed by atoms with Crippen molar-refractivity contribution in [1.29, 1.82) is 0 Å². The van der Waals surface area contributed by atoms with Gasteiger partial charge in [-0.3, -0.25) is 0 Å². The molecule has 0 saturated heterocycles. The van der Waals surface area contributed by atoms with E-state index in [1.165, 1.54) is 5.56 Å². The Morgan fingerprint density at radius 2 is 2.11 bits per heavy atom. The standard InChI is InChI=1S/C15H18ClNO/c1-3-7-17-15(13-6-8-18-10-13)12-4-5-14(16)11(2)9-12/h4-6,8-10,15,17H,3,7H2,1-2H3. The molecule has 0 aliphatic heterocycles. The number of hydrogen-bond donors (Lipinski definition) is 1. The van der Waals surface area contributed by atoms with Crippen molar-refractivity contribution in [2.24, 2.45) is 0 Å². The van der Waals surface area contributed by atoms with Crippen molar-refractivity contribution in [3.63, 3.8) is 0 Å². The molecule has 2 nitrogen and oxygen atoms in total. The van der Waals surface area contributed by atoms with Crippen LogP contribution in [0.1, 0.15) is 36.1 Å². The van der Waals surface area contributed by atoms with Crippen LogP contribution in [0.3, 0.4) is 0 Å². The Hall–Kier alpha value is -1.25. The smallest absolute Gasteiger partial charge is 0.0953 e. The van der Waals surface area contributed by atoms with Gasteiger partial charge in [0.2, 0.25) is 0 Å². The summed E-state index contributed by atoms with van der Waals surface area (Å²) in [6.45, 7) is 5.15. The molecule has 0 saturated carbocycles. The maximum atomic E-state index is 6.08. The molecule has 96 valence electrons. The van der Waals surface area contributed by atoms with Gasteiger partial charge < -0.3 is 9.73 Å². The summed E-state index contributed by atoms with van der Waals surface area (Å²) in [5, 5.41) is 4.34. The van der Waals surface area contributed by atoms with Gasteiger partial charge in [-0.15, -0.1) is 0 Å². The average Bonchev–Trinajstić information content (AvgIpc) is 2.88. The molecule has 2 rings (SSSR count). The van der Waals surface area contributed by atoms with Crippen molar-refractivity contribution in [3.05, 3.63) is 58.5 Å². The van der Waals surface area contributed by atoms with Crippen LogP contribution in [-0.4, -0.2) is 6.54 Å². The van der Waals surface area contributed by atoms with Crippen LogP contribution in [0.2, 0.25) is 5.02 Å². The molecule has 1 unspecified atom stereocenters. The summed E-state index contributed by atoms with van der Waals surface area (Å²) in [5.74, 6) is 0. The zero-order chi connectivity index (χ0) is 13.0. The van der Waals surface area contributed by atoms with Crippen molar-refractivity contribution < 1.29 is 4.42 Å². The summed E-state index contributed by atoms with van der Waals surface area (Å²) in [6.07, 6.45) is 4.59. The highest BCUT2D eigenvalue weighted by molar-refractivity contribution is 6.31. The third-order valence-electron chi connectivity index (χ3n) is 2.99. The Labute approximate surface area is 113 Å². The predicted molar refractivity (Wildman–Crippen MR) is 75.0 cm³/mol. The summed E-state index contributed by atoms with van der Waals surface area (Å²) in [6, 6.07) is 8.31. The lowest BCUT2D eigenvalue weighted by atomic mass is 9.99. The van der Waals surface area contributed by atoms with E-state index in [-0.39, 0.29) is 6.04 Å². The van der Waals surface area contributed by atoms with Crippen molar-refractivity contribution in [2.45, 2.75) is 26.3 Å². The normalized spacial score (nSPS) is 12.6. The molecule has 18 heavy (non-hydrogen) atoms. The number of aryl methyl sites for hydroxylation is 1. The average molecular weight is 264 g/mol. The van der Waals surface area contributed by atoms with Crippen LogP contribution in [0.5, 0.6) is 0 Å². The highest BCUT2D eigenvalue weighted by Gasteiger charge is 2.15. The van der Waals surface area contributed by atoms with Gasteiger partial charge in [0, 0.05) is 10.6 Å². The van der Waals surface area contributed by atoms with Gasteiger partial charge in [0.1, 0.15) is 0 Å². The topological polar surface area (TPSA) is 25.2 Å². The molecular weight excluding hydrogens is 246 g/mol. The third-order valence-corrected chi connectivity index (χ3v) is 3.41. The molecule has 0 spiro atoms. The van der Waals surface area contributed by atoms with E-state index in [1.807, 2.05) is 19.1 Å². The molecule has 0 aliphatic carbocycles. The van der Waals surface area contributed by atoms with Crippen molar-refractivity contribution in [2.75, 3.05) is 6.54 Å². The minimum Gasteiger partial charge on any atom is -0.472 e. The summed E-state index contributed by atoms with van der Waals surface area (Å²) in [4.78, 5) is 0. The van der Waals surface area contributed by atoms with Gasteiger partial charge >= 0.3 is 0 Å². The fourth-order valence-corrected chi connectivity index (χ4v) is 2.12. The minimum absolute atomic E-state index is 0.166. The molecule has 1 aromatic heterocycles. The van der Waals surface area contributed by atoms with Gasteiger partial charge in [-0.25, -0.2) is 0 Å². The van der Waals surface area contributed by atoms with E-state index >= 15 is 0 Å². The second-order valence-electron chi connectivity index (χ2n) is 4.45. The minimum atomic E-state index is 0.166. The van der Waals surface area contributed by atoms with Gasteiger partial charge in [-0.2, -0.15) is 0 Å². The van der Waals surface area contributed by atoms with Gasteiger partial charge in [-0.1, -0.05) is 30.7 Å². The van der Waals surface area contributed by atoms with Crippen LogP contribution in [0.25, 0.3) is 0 Å². The van der Waals surface area contributed by atoms with E-state index < -0.39 is 0 Å². The molecule has 3 heteroatoms. The number of nitrogens with one attached hydrogen (secondary N) is 1. The van der Waals surface area contributed by atoms with E-state index in [9.17, 15) is 0 Å². The summed E-state index contributed by atoms with van der Waals surface area (Å²) < 4.78 is 5.18. The molecule has 0 bridgehead atoms. The second-order valence-corrected chi connectivity index (χ2v) is 4.86. The predicted octanol–water partition coefficient (Wildman–Crippen LogP) is 4.33. The van der Waals surface area contributed by atoms with Crippen LogP contribution in [0.15, 0.2) is 41.2 Å². The van der Waals surface area contributed by atoms with Crippen molar-refractivity contribution in [3.8, 4) is 0 Å². The number of hydrogen-bond acceptors (Lipinski definition) is 2. The van der Waals surface area contributed by atoms with Crippen molar-refractivity contribution >= 4 is 11.6 Å². The summed E-state index contributed by atoms with van der Waals surface area (Å²) in [7, 11) is 0. The van der Waals surface area contributed by atoms with Gasteiger partial charge in [0.05, 0.1) is 18.6 Å². The molecule has 0 radical (unpaired) electrons. The molecule has 0 amide bonds. The first-order chi connectivity index (χ1) is 8.72. The first kappa shape index (κ1) is 13.2. The van der Waals surface area contributed by atoms with Crippen LogP contribution >= 0.6 is 11.6 Å². The van der Waals surface area contributed by atoms with Crippen LogP contribution in [-0.2, 0) is 0 Å². The zero-order valence-electron chi connectivity index (χ0n) is 10.7. The lowest BCUT2D eigenvalue weighted by Crippen LogP contribution is -2.22.